The number of aryl methyl sites for hydroxylation is 1. The van der Waals surface area contributed by atoms with Crippen LogP contribution in [0, 0.1) is 5.92 Å². The van der Waals surface area contributed by atoms with Crippen LogP contribution in [0.1, 0.15) is 50.1 Å². The van der Waals surface area contributed by atoms with Gasteiger partial charge in [-0.2, -0.15) is 5.10 Å². The van der Waals surface area contributed by atoms with E-state index in [2.05, 4.69) is 35.2 Å². The first-order chi connectivity index (χ1) is 11.1. The quantitative estimate of drug-likeness (QED) is 0.922. The minimum Gasteiger partial charge on any atom is -0.391 e. The molecule has 0 unspecified atom stereocenters. The molecule has 5 heteroatoms. The maximum absolute atomic E-state index is 10.3. The number of nitrogens with zero attached hydrogens (tertiary/aromatic N) is 4. The molecule has 2 heterocycles. The smallest absolute Gasteiger partial charge is 0.0695 e. The summed E-state index contributed by atoms with van der Waals surface area (Å²) in [5, 5.41) is 14.7. The standard InChI is InChI=1S/C18H32N4O/c1-20-10-6-7-14(18(20)15-11-19-22(3)13-15)12-21(2)16-8-4-5-9-17(16)23/h11,13-14,16-18,23H,4-10,12H2,1-3H3/t14-,16+,17-,18+/m0/s1. The Bertz CT molecular complexity index is 503. The zero-order chi connectivity index (χ0) is 16.4. The molecule has 5 nitrogen and oxygen atoms in total. The Morgan fingerprint density at radius 3 is 2.70 bits per heavy atom. The number of hydrogen-bond donors (Lipinski definition) is 1. The molecule has 1 aliphatic carbocycles. The highest BCUT2D eigenvalue weighted by molar-refractivity contribution is 5.13. The fraction of sp³-hybridized carbons (Fsp3) is 0.833. The van der Waals surface area contributed by atoms with E-state index >= 15 is 0 Å². The van der Waals surface area contributed by atoms with Crippen molar-refractivity contribution in [1.82, 2.24) is 19.6 Å². The molecular weight excluding hydrogens is 288 g/mol. The molecule has 1 saturated carbocycles. The van der Waals surface area contributed by atoms with E-state index in [0.717, 1.165) is 25.9 Å². The molecule has 0 bridgehead atoms. The van der Waals surface area contributed by atoms with Gasteiger partial charge < -0.3 is 10.0 Å². The molecule has 1 aliphatic heterocycles. The summed E-state index contributed by atoms with van der Waals surface area (Å²) in [7, 11) is 6.43. The Hall–Kier alpha value is -0.910. The second-order valence-electron chi connectivity index (χ2n) is 7.63. The molecule has 0 spiro atoms. The second-order valence-corrected chi connectivity index (χ2v) is 7.63. The molecule has 1 N–H and O–H groups in total. The van der Waals surface area contributed by atoms with Gasteiger partial charge in [0.1, 0.15) is 0 Å². The monoisotopic (exact) mass is 320 g/mol. The van der Waals surface area contributed by atoms with Crippen molar-refractivity contribution in [2.24, 2.45) is 13.0 Å². The van der Waals surface area contributed by atoms with Crippen LogP contribution in [0.4, 0.5) is 0 Å². The highest BCUT2D eigenvalue weighted by atomic mass is 16.3. The van der Waals surface area contributed by atoms with Gasteiger partial charge in [0.05, 0.1) is 12.3 Å². The third-order valence-electron chi connectivity index (χ3n) is 5.86. The summed E-state index contributed by atoms with van der Waals surface area (Å²) in [6.07, 6.45) is 11.1. The molecule has 2 fully saturated rings. The number of piperidine rings is 1. The summed E-state index contributed by atoms with van der Waals surface area (Å²) in [6, 6.07) is 0.783. The summed E-state index contributed by atoms with van der Waals surface area (Å²) in [5.41, 5.74) is 1.33. The number of aliphatic hydroxyl groups excluding tert-OH is 1. The van der Waals surface area contributed by atoms with Crippen molar-refractivity contribution in [2.75, 3.05) is 27.2 Å². The molecule has 4 atom stereocenters. The van der Waals surface area contributed by atoms with Gasteiger partial charge in [-0.05, 0) is 52.2 Å². The lowest BCUT2D eigenvalue weighted by Gasteiger charge is -2.43. The van der Waals surface area contributed by atoms with Gasteiger partial charge in [0.25, 0.3) is 0 Å². The normalized spacial score (nSPS) is 33.3. The molecule has 0 amide bonds. The number of aliphatic hydroxyl groups is 1. The predicted molar refractivity (Wildman–Crippen MR) is 92.2 cm³/mol. The van der Waals surface area contributed by atoms with E-state index in [-0.39, 0.29) is 6.10 Å². The summed E-state index contributed by atoms with van der Waals surface area (Å²) in [6.45, 7) is 2.22. The van der Waals surface area contributed by atoms with Crippen molar-refractivity contribution in [2.45, 2.75) is 56.7 Å². The molecule has 1 saturated heterocycles. The van der Waals surface area contributed by atoms with E-state index in [9.17, 15) is 5.11 Å². The molecule has 2 aliphatic rings. The number of likely N-dealkylation sites (N-methyl/N-ethyl adjacent to an activating group) is 1. The van der Waals surface area contributed by atoms with Crippen LogP contribution in [0.25, 0.3) is 0 Å². The summed E-state index contributed by atoms with van der Waals surface area (Å²) < 4.78 is 1.91. The molecular formula is C18H32N4O. The highest BCUT2D eigenvalue weighted by Crippen LogP contribution is 2.36. The molecule has 1 aromatic rings. The summed E-state index contributed by atoms with van der Waals surface area (Å²) in [5.74, 6) is 0.608. The Kier molecular flexibility index (Phi) is 5.39. The van der Waals surface area contributed by atoms with Crippen LogP contribution in [0.3, 0.4) is 0 Å². The maximum atomic E-state index is 10.3. The number of aromatic nitrogens is 2. The Morgan fingerprint density at radius 1 is 1.22 bits per heavy atom. The molecule has 130 valence electrons. The van der Waals surface area contributed by atoms with Gasteiger partial charge in [0.2, 0.25) is 0 Å². The second kappa shape index (κ2) is 7.32. The lowest BCUT2D eigenvalue weighted by molar-refractivity contribution is 0.00989. The van der Waals surface area contributed by atoms with Crippen molar-refractivity contribution in [1.29, 1.82) is 0 Å². The van der Waals surface area contributed by atoms with Gasteiger partial charge in [0, 0.05) is 37.4 Å². The van der Waals surface area contributed by atoms with Crippen LogP contribution in [0.5, 0.6) is 0 Å². The average Bonchev–Trinajstić information content (AvgIpc) is 2.94. The Morgan fingerprint density at radius 2 is 2.00 bits per heavy atom. The van der Waals surface area contributed by atoms with Crippen LogP contribution in [-0.4, -0.2) is 64.0 Å². The molecule has 1 aromatic heterocycles. The first kappa shape index (κ1) is 16.9. The molecule has 0 aromatic carbocycles. The van der Waals surface area contributed by atoms with E-state index in [1.165, 1.54) is 31.2 Å². The fourth-order valence-corrected chi connectivity index (χ4v) is 4.68. The number of hydrogen-bond acceptors (Lipinski definition) is 4. The third-order valence-corrected chi connectivity index (χ3v) is 5.86. The van der Waals surface area contributed by atoms with E-state index in [1.807, 2.05) is 17.9 Å². The Balaban J connectivity index is 1.71. The van der Waals surface area contributed by atoms with Gasteiger partial charge in [0.15, 0.2) is 0 Å². The Labute approximate surface area is 140 Å². The van der Waals surface area contributed by atoms with E-state index in [4.69, 9.17) is 0 Å². The lowest BCUT2D eigenvalue weighted by atomic mass is 9.84. The lowest BCUT2D eigenvalue weighted by Crippen LogP contribution is -2.48. The van der Waals surface area contributed by atoms with Crippen LogP contribution >= 0.6 is 0 Å². The minimum absolute atomic E-state index is 0.146. The average molecular weight is 320 g/mol. The summed E-state index contributed by atoms with van der Waals surface area (Å²) >= 11 is 0. The zero-order valence-corrected chi connectivity index (χ0v) is 14.9. The van der Waals surface area contributed by atoms with Gasteiger partial charge in [-0.1, -0.05) is 12.8 Å². The van der Waals surface area contributed by atoms with Crippen LogP contribution in [0.2, 0.25) is 0 Å². The van der Waals surface area contributed by atoms with Gasteiger partial charge in [-0.15, -0.1) is 0 Å². The first-order valence-electron chi connectivity index (χ1n) is 9.13. The first-order valence-corrected chi connectivity index (χ1v) is 9.13. The highest BCUT2D eigenvalue weighted by Gasteiger charge is 2.34. The maximum Gasteiger partial charge on any atom is 0.0695 e. The van der Waals surface area contributed by atoms with Crippen molar-refractivity contribution in [3.8, 4) is 0 Å². The van der Waals surface area contributed by atoms with Crippen molar-refractivity contribution in [3.05, 3.63) is 18.0 Å². The van der Waals surface area contributed by atoms with Crippen LogP contribution < -0.4 is 0 Å². The SMILES string of the molecule is CN(C[C@@H]1CCCN(C)[C@H]1c1cnn(C)c1)[C@@H]1CCCC[C@@H]1O. The largest absolute Gasteiger partial charge is 0.391 e. The van der Waals surface area contributed by atoms with E-state index in [0.29, 0.717) is 18.0 Å². The van der Waals surface area contributed by atoms with Gasteiger partial charge in [-0.3, -0.25) is 9.58 Å². The molecule has 23 heavy (non-hydrogen) atoms. The van der Waals surface area contributed by atoms with E-state index in [1.54, 1.807) is 0 Å². The van der Waals surface area contributed by atoms with Gasteiger partial charge >= 0.3 is 0 Å². The fourth-order valence-electron chi connectivity index (χ4n) is 4.68. The van der Waals surface area contributed by atoms with Crippen molar-refractivity contribution >= 4 is 0 Å². The minimum atomic E-state index is -0.146. The van der Waals surface area contributed by atoms with E-state index < -0.39 is 0 Å². The van der Waals surface area contributed by atoms with Crippen molar-refractivity contribution in [3.63, 3.8) is 0 Å². The topological polar surface area (TPSA) is 44.5 Å². The molecule has 3 rings (SSSR count). The number of likely N-dealkylation sites (tertiary alicyclic amines) is 1. The van der Waals surface area contributed by atoms with Crippen LogP contribution in [-0.2, 0) is 7.05 Å². The molecule has 0 radical (unpaired) electrons. The zero-order valence-electron chi connectivity index (χ0n) is 14.9. The number of rotatable bonds is 4. The van der Waals surface area contributed by atoms with Crippen molar-refractivity contribution < 1.29 is 5.11 Å². The third kappa shape index (κ3) is 3.78. The predicted octanol–water partition coefficient (Wildman–Crippen LogP) is 2.04. The van der Waals surface area contributed by atoms with Crippen LogP contribution in [0.15, 0.2) is 12.4 Å². The van der Waals surface area contributed by atoms with Gasteiger partial charge in [-0.25, -0.2) is 0 Å². The summed E-state index contributed by atoms with van der Waals surface area (Å²) in [4.78, 5) is 4.91.